The topological polar surface area (TPSA) is 28.2 Å². The summed E-state index contributed by atoms with van der Waals surface area (Å²) in [6.07, 6.45) is 5.20. The predicted octanol–water partition coefficient (Wildman–Crippen LogP) is 3.08. The highest BCUT2D eigenvalue weighted by Gasteiger charge is 2.35. The van der Waals surface area contributed by atoms with Crippen LogP contribution >= 0.6 is 22.9 Å². The van der Waals surface area contributed by atoms with Crippen LogP contribution in [0.15, 0.2) is 5.38 Å². The third-order valence-corrected chi connectivity index (χ3v) is 4.65. The van der Waals surface area contributed by atoms with E-state index in [0.29, 0.717) is 10.7 Å². The Hall–Kier alpha value is -0.320. The Balaban J connectivity index is 1.97. The number of nitrogens with one attached hydrogen (secondary N) is 1. The van der Waals surface area contributed by atoms with Gasteiger partial charge in [0, 0.05) is 17.5 Å². The molecule has 0 radical (unpaired) electrons. The smallest absolute Gasteiger partial charge is 0.184 e. The van der Waals surface area contributed by atoms with Crippen molar-refractivity contribution >= 4 is 28.1 Å². The van der Waals surface area contributed by atoms with Crippen molar-refractivity contribution in [1.29, 1.82) is 0 Å². The van der Waals surface area contributed by atoms with Crippen molar-refractivity contribution in [1.82, 2.24) is 9.88 Å². The van der Waals surface area contributed by atoms with E-state index in [9.17, 15) is 0 Å². The summed E-state index contributed by atoms with van der Waals surface area (Å²) in [6.45, 7) is 0.962. The molecule has 1 aliphatic carbocycles. The summed E-state index contributed by atoms with van der Waals surface area (Å²) in [6, 6.07) is 0. The quantitative estimate of drug-likeness (QED) is 0.901. The fraction of sp³-hybridized carbons (Fsp3) is 0.727. The van der Waals surface area contributed by atoms with E-state index in [1.807, 2.05) is 5.38 Å². The molecule has 1 fully saturated rings. The van der Waals surface area contributed by atoms with Crippen LogP contribution in [-0.2, 0) is 0 Å². The summed E-state index contributed by atoms with van der Waals surface area (Å²) < 4.78 is 0. The van der Waals surface area contributed by atoms with Gasteiger partial charge in [-0.2, -0.15) is 0 Å². The molecule has 1 heterocycles. The lowest BCUT2D eigenvalue weighted by molar-refractivity contribution is 0.172. The summed E-state index contributed by atoms with van der Waals surface area (Å²) in [4.78, 5) is 6.57. The Morgan fingerprint density at radius 3 is 2.69 bits per heavy atom. The van der Waals surface area contributed by atoms with Gasteiger partial charge in [0.2, 0.25) is 0 Å². The van der Waals surface area contributed by atoms with Gasteiger partial charge in [-0.15, -0.1) is 11.3 Å². The number of hydrogen-bond acceptors (Lipinski definition) is 4. The zero-order valence-electron chi connectivity index (χ0n) is 9.79. The Kier molecular flexibility index (Phi) is 3.72. The van der Waals surface area contributed by atoms with Crippen LogP contribution in [0.25, 0.3) is 0 Å². The predicted molar refractivity (Wildman–Crippen MR) is 70.5 cm³/mol. The molecule has 1 aromatic heterocycles. The normalized spacial score (nSPS) is 19.2. The summed E-state index contributed by atoms with van der Waals surface area (Å²) in [5.74, 6) is 0. The van der Waals surface area contributed by atoms with Crippen molar-refractivity contribution in [2.75, 3.05) is 26.0 Å². The van der Waals surface area contributed by atoms with Crippen molar-refractivity contribution in [2.45, 2.75) is 31.2 Å². The van der Waals surface area contributed by atoms with Crippen molar-refractivity contribution in [2.24, 2.45) is 0 Å². The average molecular weight is 260 g/mol. The number of hydrogen-bond donors (Lipinski definition) is 1. The van der Waals surface area contributed by atoms with Gasteiger partial charge in [-0.05, 0) is 26.9 Å². The minimum absolute atomic E-state index is 0.304. The maximum Gasteiger partial charge on any atom is 0.184 e. The molecule has 2 rings (SSSR count). The first-order chi connectivity index (χ1) is 7.62. The Morgan fingerprint density at radius 2 is 2.19 bits per heavy atom. The minimum Gasteiger partial charge on any atom is -0.360 e. The Morgan fingerprint density at radius 1 is 1.50 bits per heavy atom. The van der Waals surface area contributed by atoms with E-state index in [1.165, 1.54) is 25.7 Å². The molecule has 90 valence electrons. The number of likely N-dealkylation sites (N-methyl/N-ethyl adjacent to an activating group) is 1. The molecule has 3 nitrogen and oxygen atoms in total. The molecule has 0 unspecified atom stereocenters. The minimum atomic E-state index is 0.304. The van der Waals surface area contributed by atoms with Crippen LogP contribution in [0.4, 0.5) is 5.13 Å². The highest BCUT2D eigenvalue weighted by atomic mass is 35.5. The fourth-order valence-corrected chi connectivity index (χ4v) is 3.23. The second kappa shape index (κ2) is 4.90. The van der Waals surface area contributed by atoms with E-state index in [2.05, 4.69) is 29.3 Å². The molecule has 16 heavy (non-hydrogen) atoms. The molecule has 0 atom stereocenters. The first-order valence-corrected chi connectivity index (χ1v) is 6.90. The monoisotopic (exact) mass is 259 g/mol. The van der Waals surface area contributed by atoms with Gasteiger partial charge >= 0.3 is 0 Å². The molecule has 0 bridgehead atoms. The Labute approximate surface area is 106 Å². The van der Waals surface area contributed by atoms with Gasteiger partial charge in [0.05, 0.1) is 0 Å². The molecule has 0 spiro atoms. The lowest BCUT2D eigenvalue weighted by Crippen LogP contribution is -2.47. The molecule has 1 aliphatic rings. The third-order valence-electron chi connectivity index (χ3n) is 3.53. The van der Waals surface area contributed by atoms with Gasteiger partial charge in [-0.1, -0.05) is 24.4 Å². The fourth-order valence-electron chi connectivity index (χ4n) is 2.39. The lowest BCUT2D eigenvalue weighted by Gasteiger charge is -2.36. The van der Waals surface area contributed by atoms with Crippen LogP contribution in [0.1, 0.15) is 25.7 Å². The third kappa shape index (κ3) is 2.50. The number of nitrogens with zero attached hydrogens (tertiary/aromatic N) is 2. The van der Waals surface area contributed by atoms with Crippen molar-refractivity contribution in [3.8, 4) is 0 Å². The van der Waals surface area contributed by atoms with Gasteiger partial charge in [0.25, 0.3) is 0 Å². The number of rotatable bonds is 4. The first-order valence-electron chi connectivity index (χ1n) is 5.65. The summed E-state index contributed by atoms with van der Waals surface area (Å²) in [5.41, 5.74) is 0.304. The van der Waals surface area contributed by atoms with Crippen molar-refractivity contribution < 1.29 is 0 Å². The van der Waals surface area contributed by atoms with Gasteiger partial charge in [0.1, 0.15) is 5.15 Å². The second-order valence-electron chi connectivity index (χ2n) is 4.65. The van der Waals surface area contributed by atoms with Crippen LogP contribution in [-0.4, -0.2) is 36.1 Å². The number of halogens is 1. The van der Waals surface area contributed by atoms with Crippen LogP contribution in [0.5, 0.6) is 0 Å². The molecule has 0 aliphatic heterocycles. The number of anilines is 1. The summed E-state index contributed by atoms with van der Waals surface area (Å²) in [7, 11) is 4.34. The molecular weight excluding hydrogens is 242 g/mol. The van der Waals surface area contributed by atoms with Crippen molar-refractivity contribution in [3.05, 3.63) is 10.5 Å². The SMILES string of the molecule is CN(C)C1(CNc2nc(Cl)cs2)CCCC1. The molecule has 0 saturated heterocycles. The summed E-state index contributed by atoms with van der Waals surface area (Å²) >= 11 is 7.37. The molecule has 1 saturated carbocycles. The second-order valence-corrected chi connectivity index (χ2v) is 5.90. The van der Waals surface area contributed by atoms with E-state index < -0.39 is 0 Å². The van der Waals surface area contributed by atoms with Crippen molar-refractivity contribution in [3.63, 3.8) is 0 Å². The molecule has 0 amide bonds. The molecule has 1 aromatic rings. The molecule has 1 N–H and O–H groups in total. The van der Waals surface area contributed by atoms with E-state index in [1.54, 1.807) is 11.3 Å². The number of thiazole rings is 1. The van der Waals surface area contributed by atoms with E-state index in [4.69, 9.17) is 11.6 Å². The molecule has 0 aromatic carbocycles. The lowest BCUT2D eigenvalue weighted by atomic mass is 9.96. The zero-order chi connectivity index (χ0) is 11.6. The molecular formula is C11H18ClN3S. The highest BCUT2D eigenvalue weighted by molar-refractivity contribution is 7.14. The van der Waals surface area contributed by atoms with Gasteiger partial charge < -0.3 is 10.2 Å². The Bertz CT molecular complexity index is 345. The van der Waals surface area contributed by atoms with E-state index >= 15 is 0 Å². The van der Waals surface area contributed by atoms with E-state index in [-0.39, 0.29) is 0 Å². The van der Waals surface area contributed by atoms with Crippen LogP contribution in [0.3, 0.4) is 0 Å². The van der Waals surface area contributed by atoms with Gasteiger partial charge in [0.15, 0.2) is 5.13 Å². The van der Waals surface area contributed by atoms with Crippen LogP contribution in [0, 0.1) is 0 Å². The average Bonchev–Trinajstić information content (AvgIpc) is 2.84. The van der Waals surface area contributed by atoms with Gasteiger partial charge in [-0.25, -0.2) is 4.98 Å². The first kappa shape index (κ1) is 12.1. The molecule has 5 heteroatoms. The zero-order valence-corrected chi connectivity index (χ0v) is 11.4. The van der Waals surface area contributed by atoms with Gasteiger partial charge in [-0.3, -0.25) is 0 Å². The standard InChI is InChI=1S/C11H18ClN3S/c1-15(2)11(5-3-4-6-11)8-13-10-14-9(12)7-16-10/h7H,3-6,8H2,1-2H3,(H,13,14). The highest BCUT2D eigenvalue weighted by Crippen LogP contribution is 2.34. The van der Waals surface area contributed by atoms with Crippen LogP contribution in [0.2, 0.25) is 5.15 Å². The summed E-state index contributed by atoms with van der Waals surface area (Å²) in [5, 5.41) is 6.78. The van der Waals surface area contributed by atoms with Crippen LogP contribution < -0.4 is 5.32 Å². The van der Waals surface area contributed by atoms with E-state index in [0.717, 1.165) is 11.7 Å². The maximum atomic E-state index is 5.80. The maximum absolute atomic E-state index is 5.80. The largest absolute Gasteiger partial charge is 0.360 e. The number of aromatic nitrogens is 1.